The van der Waals surface area contributed by atoms with Crippen LogP contribution in [0.4, 0.5) is 4.79 Å². The molecule has 0 saturated heterocycles. The summed E-state index contributed by atoms with van der Waals surface area (Å²) in [5, 5.41) is 0. The van der Waals surface area contributed by atoms with Gasteiger partial charge in [0.15, 0.2) is 0 Å². The Morgan fingerprint density at radius 2 is 1.88 bits per heavy atom. The van der Waals surface area contributed by atoms with Crippen molar-refractivity contribution < 1.29 is 9.53 Å². The van der Waals surface area contributed by atoms with Crippen LogP contribution in [0.25, 0.3) is 0 Å². The van der Waals surface area contributed by atoms with Crippen molar-refractivity contribution in [1.82, 2.24) is 9.55 Å². The monoisotopic (exact) mass is 335 g/mol. The molecule has 0 saturated carbocycles. The number of carbonyl (C=O) groups excluding carboxylic acids is 1. The van der Waals surface area contributed by atoms with Gasteiger partial charge in [-0.05, 0) is 44.4 Å². The van der Waals surface area contributed by atoms with E-state index in [1.807, 2.05) is 20.8 Å². The minimum Gasteiger partial charge on any atom is -0.443 e. The fourth-order valence-electron chi connectivity index (χ4n) is 3.32. The number of nitrogens with zero attached hydrogens (tertiary/aromatic N) is 2. The number of hydrogen-bond acceptors (Lipinski definition) is 4. The predicted octanol–water partition coefficient (Wildman–Crippen LogP) is 4.23. The molecular weight excluding hydrogens is 302 g/mol. The summed E-state index contributed by atoms with van der Waals surface area (Å²) in [5.41, 5.74) is 7.68. The van der Waals surface area contributed by atoms with Gasteiger partial charge in [-0.25, -0.2) is 14.3 Å². The summed E-state index contributed by atoms with van der Waals surface area (Å²) in [6.07, 6.45) is 2.01. The van der Waals surface area contributed by atoms with E-state index in [1.54, 1.807) is 4.57 Å². The SMILES string of the molecule is CC(C)(C)Cc1nc2c(n1C(=O)OC(C)(C)C)CC(C)(C)CC2N. The van der Waals surface area contributed by atoms with Gasteiger partial charge >= 0.3 is 6.09 Å². The molecule has 1 heterocycles. The third-order valence-corrected chi connectivity index (χ3v) is 4.11. The van der Waals surface area contributed by atoms with Gasteiger partial charge < -0.3 is 10.5 Å². The van der Waals surface area contributed by atoms with Crippen molar-refractivity contribution in [2.45, 2.75) is 86.3 Å². The smallest absolute Gasteiger partial charge is 0.420 e. The summed E-state index contributed by atoms with van der Waals surface area (Å²) in [6, 6.07) is -0.133. The molecule has 0 radical (unpaired) electrons. The van der Waals surface area contributed by atoms with Crippen molar-refractivity contribution in [3.05, 3.63) is 17.2 Å². The van der Waals surface area contributed by atoms with Crippen molar-refractivity contribution in [3.8, 4) is 0 Å². The summed E-state index contributed by atoms with van der Waals surface area (Å²) in [6.45, 7) is 16.4. The standard InChI is InChI=1S/C19H33N3O2/c1-17(2,3)11-14-21-15-12(20)9-19(7,8)10-13(15)22(14)16(23)24-18(4,5)6/h12H,9-11,20H2,1-8H3. The van der Waals surface area contributed by atoms with Gasteiger partial charge in [0, 0.05) is 12.5 Å². The second-order valence-electron chi connectivity index (χ2n) is 10.1. The van der Waals surface area contributed by atoms with Gasteiger partial charge in [-0.15, -0.1) is 0 Å². The number of nitrogens with two attached hydrogens (primary N) is 1. The first kappa shape index (κ1) is 19.0. The highest BCUT2D eigenvalue weighted by molar-refractivity contribution is 5.73. The molecule has 2 N–H and O–H groups in total. The first-order valence-electron chi connectivity index (χ1n) is 8.78. The molecule has 0 aromatic carbocycles. The highest BCUT2D eigenvalue weighted by Gasteiger charge is 2.38. The van der Waals surface area contributed by atoms with Crippen molar-refractivity contribution in [3.63, 3.8) is 0 Å². The molecule has 1 aliphatic carbocycles. The van der Waals surface area contributed by atoms with E-state index in [0.717, 1.165) is 30.1 Å². The topological polar surface area (TPSA) is 70.1 Å². The molecule has 5 heteroatoms. The van der Waals surface area contributed by atoms with Crippen molar-refractivity contribution in [1.29, 1.82) is 0 Å². The van der Waals surface area contributed by atoms with E-state index >= 15 is 0 Å². The normalized spacial score (nSPS) is 20.6. The van der Waals surface area contributed by atoms with Gasteiger partial charge in [0.2, 0.25) is 0 Å². The predicted molar refractivity (Wildman–Crippen MR) is 96.0 cm³/mol. The molecule has 1 aliphatic rings. The quantitative estimate of drug-likeness (QED) is 0.834. The third-order valence-electron chi connectivity index (χ3n) is 4.11. The van der Waals surface area contributed by atoms with E-state index in [-0.39, 0.29) is 23.0 Å². The Balaban J connectivity index is 2.55. The van der Waals surface area contributed by atoms with Crippen LogP contribution in [0.5, 0.6) is 0 Å². The molecule has 1 atom stereocenters. The van der Waals surface area contributed by atoms with Gasteiger partial charge in [-0.3, -0.25) is 0 Å². The summed E-state index contributed by atoms with van der Waals surface area (Å²) < 4.78 is 7.34. The van der Waals surface area contributed by atoms with Crippen LogP contribution in [0, 0.1) is 10.8 Å². The van der Waals surface area contributed by atoms with E-state index in [0.29, 0.717) is 6.42 Å². The lowest BCUT2D eigenvalue weighted by Gasteiger charge is -2.33. The zero-order valence-corrected chi connectivity index (χ0v) is 16.5. The maximum Gasteiger partial charge on any atom is 0.420 e. The molecule has 0 aliphatic heterocycles. The molecule has 136 valence electrons. The van der Waals surface area contributed by atoms with Crippen molar-refractivity contribution in [2.24, 2.45) is 16.6 Å². The number of ether oxygens (including phenoxy) is 1. The molecule has 0 spiro atoms. The first-order chi connectivity index (χ1) is 10.7. The largest absolute Gasteiger partial charge is 0.443 e. The van der Waals surface area contributed by atoms with E-state index in [1.165, 1.54) is 0 Å². The maximum atomic E-state index is 12.9. The Hall–Kier alpha value is -1.36. The Bertz CT molecular complexity index is 630. The van der Waals surface area contributed by atoms with Crippen LogP contribution in [0.1, 0.15) is 85.1 Å². The Morgan fingerprint density at radius 3 is 2.38 bits per heavy atom. The molecule has 1 aromatic rings. The number of fused-ring (bicyclic) bond motifs is 1. The van der Waals surface area contributed by atoms with Crippen molar-refractivity contribution >= 4 is 6.09 Å². The Morgan fingerprint density at radius 1 is 1.29 bits per heavy atom. The second kappa shape index (κ2) is 5.87. The van der Waals surface area contributed by atoms with Crippen LogP contribution < -0.4 is 5.73 Å². The van der Waals surface area contributed by atoms with Gasteiger partial charge in [-0.1, -0.05) is 34.6 Å². The maximum absolute atomic E-state index is 12.9. The van der Waals surface area contributed by atoms with Crippen LogP contribution in [0.15, 0.2) is 0 Å². The van der Waals surface area contributed by atoms with Gasteiger partial charge in [-0.2, -0.15) is 0 Å². The summed E-state index contributed by atoms with van der Waals surface area (Å²) in [4.78, 5) is 17.6. The number of carbonyl (C=O) groups is 1. The molecular formula is C19H33N3O2. The van der Waals surface area contributed by atoms with Crippen LogP contribution in [0.3, 0.4) is 0 Å². The van der Waals surface area contributed by atoms with E-state index in [4.69, 9.17) is 15.5 Å². The van der Waals surface area contributed by atoms with Gasteiger partial charge in [0.05, 0.1) is 11.4 Å². The highest BCUT2D eigenvalue weighted by atomic mass is 16.6. The number of hydrogen-bond donors (Lipinski definition) is 1. The summed E-state index contributed by atoms with van der Waals surface area (Å²) >= 11 is 0. The van der Waals surface area contributed by atoms with Crippen LogP contribution in [-0.2, 0) is 17.6 Å². The molecule has 0 fully saturated rings. The van der Waals surface area contributed by atoms with Gasteiger partial charge in [0.25, 0.3) is 0 Å². The zero-order chi connectivity index (χ0) is 18.5. The molecule has 1 aromatic heterocycles. The molecule has 5 nitrogen and oxygen atoms in total. The molecule has 24 heavy (non-hydrogen) atoms. The Kier molecular flexibility index (Phi) is 4.64. The van der Waals surface area contributed by atoms with Crippen LogP contribution >= 0.6 is 0 Å². The number of imidazole rings is 1. The molecule has 2 rings (SSSR count). The minimum atomic E-state index is -0.542. The van der Waals surface area contributed by atoms with E-state index < -0.39 is 5.60 Å². The number of aromatic nitrogens is 2. The fraction of sp³-hybridized carbons (Fsp3) is 0.789. The lowest BCUT2D eigenvalue weighted by Crippen LogP contribution is -2.34. The highest BCUT2D eigenvalue weighted by Crippen LogP contribution is 2.40. The minimum absolute atomic E-state index is 0.0212. The Labute approximate surface area is 146 Å². The fourth-order valence-corrected chi connectivity index (χ4v) is 3.32. The van der Waals surface area contributed by atoms with Crippen LogP contribution in [0.2, 0.25) is 0 Å². The lowest BCUT2D eigenvalue weighted by molar-refractivity contribution is 0.0522. The van der Waals surface area contributed by atoms with Crippen molar-refractivity contribution in [2.75, 3.05) is 0 Å². The van der Waals surface area contributed by atoms with E-state index in [2.05, 4.69) is 34.6 Å². The zero-order valence-electron chi connectivity index (χ0n) is 16.5. The molecule has 0 bridgehead atoms. The number of rotatable bonds is 1. The summed E-state index contributed by atoms with van der Waals surface area (Å²) in [7, 11) is 0. The molecule has 1 unspecified atom stereocenters. The average Bonchev–Trinajstić information content (AvgIpc) is 2.60. The molecule has 0 amide bonds. The third kappa shape index (κ3) is 4.38. The average molecular weight is 335 g/mol. The first-order valence-corrected chi connectivity index (χ1v) is 8.78. The summed E-state index contributed by atoms with van der Waals surface area (Å²) in [5.74, 6) is 0.759. The van der Waals surface area contributed by atoms with Crippen LogP contribution in [-0.4, -0.2) is 21.2 Å². The van der Waals surface area contributed by atoms with Gasteiger partial charge in [0.1, 0.15) is 11.4 Å². The lowest BCUT2D eigenvalue weighted by atomic mass is 9.76. The second-order valence-corrected chi connectivity index (χ2v) is 10.1. The van der Waals surface area contributed by atoms with E-state index in [9.17, 15) is 4.79 Å².